The van der Waals surface area contributed by atoms with Gasteiger partial charge in [0.2, 0.25) is 0 Å². The molecule has 0 saturated carbocycles. The zero-order chi connectivity index (χ0) is 17.5. The monoisotopic (exact) mass is 334 g/mol. The van der Waals surface area contributed by atoms with Crippen molar-refractivity contribution in [2.75, 3.05) is 0 Å². The molecule has 0 aliphatic rings. The second-order valence-electron chi connectivity index (χ2n) is 6.09. The molecule has 0 atom stereocenters. The Kier molecular flexibility index (Phi) is 2.38. The molecule has 0 bridgehead atoms. The van der Waals surface area contributed by atoms with Crippen molar-refractivity contribution in [2.45, 2.75) is 6.92 Å². The summed E-state index contributed by atoms with van der Waals surface area (Å²) in [5.41, 5.74) is -0.314. The van der Waals surface area contributed by atoms with Gasteiger partial charge in [-0.15, -0.1) is 0 Å². The molecule has 2 heterocycles. The van der Waals surface area contributed by atoms with Crippen LogP contribution in [-0.4, -0.2) is 10.2 Å². The van der Waals surface area contributed by atoms with Gasteiger partial charge in [0.25, 0.3) is 0 Å². The predicted octanol–water partition coefficient (Wildman–Crippen LogP) is 3.36. The second-order valence-corrected chi connectivity index (χ2v) is 6.09. The van der Waals surface area contributed by atoms with E-state index in [2.05, 4.69) is 0 Å². The molecule has 122 valence electrons. The Labute approximate surface area is 138 Å². The highest BCUT2D eigenvalue weighted by Gasteiger charge is 2.24. The van der Waals surface area contributed by atoms with Gasteiger partial charge in [-0.05, 0) is 30.7 Å². The van der Waals surface area contributed by atoms with Crippen LogP contribution < -0.4 is 11.3 Å². The quantitative estimate of drug-likeness (QED) is 0.256. The minimum absolute atomic E-state index is 0.0557. The molecule has 0 aliphatic heterocycles. The SMILES string of the molecule is Cc1cc2oc(=O)c3c(O)c4cccc(O)c4c4oc(=O)c(c1)c2c34. The molecule has 0 unspecified atom stereocenters. The minimum Gasteiger partial charge on any atom is -0.507 e. The van der Waals surface area contributed by atoms with Crippen molar-refractivity contribution in [3.63, 3.8) is 0 Å². The molecule has 2 N–H and O–H groups in total. The fourth-order valence-corrected chi connectivity index (χ4v) is 3.56. The highest BCUT2D eigenvalue weighted by Crippen LogP contribution is 2.43. The summed E-state index contributed by atoms with van der Waals surface area (Å²) in [7, 11) is 0. The van der Waals surface area contributed by atoms with Crippen molar-refractivity contribution < 1.29 is 19.0 Å². The summed E-state index contributed by atoms with van der Waals surface area (Å²) < 4.78 is 10.8. The number of hydrogen-bond acceptors (Lipinski definition) is 6. The third kappa shape index (κ3) is 1.58. The minimum atomic E-state index is -0.735. The molecule has 0 radical (unpaired) electrons. The molecule has 5 aromatic rings. The number of aromatic hydroxyl groups is 2. The van der Waals surface area contributed by atoms with Crippen molar-refractivity contribution in [1.82, 2.24) is 0 Å². The number of benzene rings is 3. The van der Waals surface area contributed by atoms with Gasteiger partial charge < -0.3 is 19.0 Å². The smallest absolute Gasteiger partial charge is 0.348 e. The van der Waals surface area contributed by atoms with E-state index < -0.39 is 11.3 Å². The topological polar surface area (TPSA) is 101 Å². The van der Waals surface area contributed by atoms with Gasteiger partial charge in [0.1, 0.15) is 22.5 Å². The summed E-state index contributed by atoms with van der Waals surface area (Å²) in [6, 6.07) is 7.76. The molecular weight excluding hydrogens is 324 g/mol. The first-order valence-corrected chi connectivity index (χ1v) is 7.57. The maximum absolute atomic E-state index is 12.5. The van der Waals surface area contributed by atoms with E-state index in [0.717, 1.165) is 5.56 Å². The van der Waals surface area contributed by atoms with Crippen molar-refractivity contribution >= 4 is 43.5 Å². The highest BCUT2D eigenvalue weighted by atomic mass is 16.4. The van der Waals surface area contributed by atoms with E-state index in [1.165, 1.54) is 18.2 Å². The van der Waals surface area contributed by atoms with Crippen LogP contribution in [0.15, 0.2) is 48.8 Å². The summed E-state index contributed by atoms with van der Waals surface area (Å²) in [6.07, 6.45) is 0. The Morgan fingerprint density at radius 1 is 0.840 bits per heavy atom. The van der Waals surface area contributed by atoms with Crippen LogP contribution in [0.2, 0.25) is 0 Å². The third-order valence-electron chi connectivity index (χ3n) is 4.56. The maximum Gasteiger partial charge on any atom is 0.348 e. The van der Waals surface area contributed by atoms with Gasteiger partial charge in [0, 0.05) is 16.2 Å². The number of phenols is 2. The molecule has 0 aliphatic carbocycles. The van der Waals surface area contributed by atoms with Crippen LogP contribution in [0.25, 0.3) is 43.5 Å². The van der Waals surface area contributed by atoms with Crippen molar-refractivity contribution in [1.29, 1.82) is 0 Å². The van der Waals surface area contributed by atoms with Crippen LogP contribution in [0.4, 0.5) is 0 Å². The first-order valence-electron chi connectivity index (χ1n) is 7.57. The lowest BCUT2D eigenvalue weighted by Gasteiger charge is -2.13. The van der Waals surface area contributed by atoms with Crippen LogP contribution in [0.3, 0.4) is 0 Å². The molecule has 25 heavy (non-hydrogen) atoms. The Morgan fingerprint density at radius 2 is 1.64 bits per heavy atom. The molecule has 0 spiro atoms. The van der Waals surface area contributed by atoms with Crippen LogP contribution in [0, 0.1) is 6.92 Å². The summed E-state index contributed by atoms with van der Waals surface area (Å²) in [5, 5.41) is 22.1. The normalized spacial score (nSPS) is 12.0. The van der Waals surface area contributed by atoms with Gasteiger partial charge in [-0.25, -0.2) is 9.59 Å². The lowest BCUT2D eigenvalue weighted by molar-refractivity contribution is 0.475. The average molecular weight is 334 g/mol. The summed E-state index contributed by atoms with van der Waals surface area (Å²) >= 11 is 0. The molecule has 0 saturated heterocycles. The molecule has 6 heteroatoms. The van der Waals surface area contributed by atoms with Crippen molar-refractivity contribution in [3.05, 3.63) is 56.7 Å². The van der Waals surface area contributed by atoms with Gasteiger partial charge in [0.15, 0.2) is 5.58 Å². The van der Waals surface area contributed by atoms with Gasteiger partial charge in [0.05, 0.1) is 10.8 Å². The summed E-state index contributed by atoms with van der Waals surface area (Å²) in [4.78, 5) is 25.0. The molecule has 5 rings (SSSR count). The fraction of sp³-hybridized carbons (Fsp3) is 0.0526. The Balaban J connectivity index is 2.33. The average Bonchev–Trinajstić information content (AvgIpc) is 2.56. The van der Waals surface area contributed by atoms with E-state index in [-0.39, 0.29) is 49.6 Å². The number of hydrogen-bond donors (Lipinski definition) is 2. The van der Waals surface area contributed by atoms with Crippen LogP contribution >= 0.6 is 0 Å². The van der Waals surface area contributed by atoms with E-state index in [0.29, 0.717) is 5.39 Å². The standard InChI is InChI=1S/C19H10O6/c1-7-5-9-13-11(6-7)24-19(23)15-14(13)17(25-18(9)22)12-8(16(15)21)3-2-4-10(12)20/h2-6,20-21H,1H3. The molecule has 0 amide bonds. The Hall–Kier alpha value is -3.54. The first-order chi connectivity index (χ1) is 12.0. The molecule has 0 fully saturated rings. The fourth-order valence-electron chi connectivity index (χ4n) is 3.56. The van der Waals surface area contributed by atoms with Crippen LogP contribution in [0.1, 0.15) is 5.56 Å². The second kappa shape index (κ2) is 4.30. The molecular formula is C19H10O6. The summed E-state index contributed by atoms with van der Waals surface area (Å²) in [6.45, 7) is 1.77. The van der Waals surface area contributed by atoms with Gasteiger partial charge in [-0.1, -0.05) is 12.1 Å². The van der Waals surface area contributed by atoms with Gasteiger partial charge in [-0.2, -0.15) is 0 Å². The van der Waals surface area contributed by atoms with E-state index in [9.17, 15) is 19.8 Å². The molecule has 3 aromatic carbocycles. The van der Waals surface area contributed by atoms with Crippen LogP contribution in [-0.2, 0) is 0 Å². The number of rotatable bonds is 0. The first kappa shape index (κ1) is 13.9. The summed E-state index contributed by atoms with van der Waals surface area (Å²) in [5.74, 6) is -0.473. The molecule has 6 nitrogen and oxygen atoms in total. The van der Waals surface area contributed by atoms with Crippen LogP contribution in [0.5, 0.6) is 11.5 Å². The third-order valence-corrected chi connectivity index (χ3v) is 4.56. The molecule has 2 aromatic heterocycles. The van der Waals surface area contributed by atoms with E-state index in [1.54, 1.807) is 19.1 Å². The van der Waals surface area contributed by atoms with E-state index in [4.69, 9.17) is 8.83 Å². The zero-order valence-electron chi connectivity index (χ0n) is 12.9. The lowest BCUT2D eigenvalue weighted by atomic mass is 9.96. The largest absolute Gasteiger partial charge is 0.507 e. The van der Waals surface area contributed by atoms with Gasteiger partial charge >= 0.3 is 11.3 Å². The predicted molar refractivity (Wildman–Crippen MR) is 92.8 cm³/mol. The maximum atomic E-state index is 12.5. The van der Waals surface area contributed by atoms with E-state index in [1.807, 2.05) is 0 Å². The lowest BCUT2D eigenvalue weighted by Crippen LogP contribution is -2.07. The number of fused-ring (bicyclic) bond motifs is 2. The Morgan fingerprint density at radius 3 is 2.44 bits per heavy atom. The van der Waals surface area contributed by atoms with Crippen molar-refractivity contribution in [2.24, 2.45) is 0 Å². The van der Waals surface area contributed by atoms with E-state index >= 15 is 0 Å². The van der Waals surface area contributed by atoms with Gasteiger partial charge in [-0.3, -0.25) is 0 Å². The Bertz CT molecular complexity index is 1450. The zero-order valence-corrected chi connectivity index (χ0v) is 12.9. The van der Waals surface area contributed by atoms with Crippen molar-refractivity contribution in [3.8, 4) is 11.5 Å². The number of phenolic OH excluding ortho intramolecular Hbond substituents is 2. The number of aryl methyl sites for hydroxylation is 1. The highest BCUT2D eigenvalue weighted by molar-refractivity contribution is 6.28.